The second kappa shape index (κ2) is 6.98. The van der Waals surface area contributed by atoms with Crippen LogP contribution in [0.15, 0.2) is 47.2 Å². The number of aromatic carboxylic acids is 1. The summed E-state index contributed by atoms with van der Waals surface area (Å²) < 4.78 is 6.41. The first-order chi connectivity index (χ1) is 11.5. The molecule has 0 saturated heterocycles. The summed E-state index contributed by atoms with van der Waals surface area (Å²) in [5.74, 6) is 0.132. The van der Waals surface area contributed by atoms with Crippen molar-refractivity contribution in [1.29, 1.82) is 0 Å². The summed E-state index contributed by atoms with van der Waals surface area (Å²) in [6.07, 6.45) is 1.57. The first-order valence-corrected chi connectivity index (χ1v) is 8.49. The molecule has 0 amide bonds. The normalized spacial score (nSPS) is 10.4. The molecule has 0 aliphatic heterocycles. The summed E-state index contributed by atoms with van der Waals surface area (Å²) in [6, 6.07) is 10.5. The molecule has 3 rings (SSSR count). The maximum absolute atomic E-state index is 11.2. The molecule has 2 heterocycles. The Morgan fingerprint density at radius 3 is 2.92 bits per heavy atom. The smallest absolute Gasteiger partial charge is 0.336 e. The number of aromatic nitrogens is 2. The van der Waals surface area contributed by atoms with E-state index in [4.69, 9.17) is 9.84 Å². The van der Waals surface area contributed by atoms with E-state index in [0.717, 1.165) is 4.60 Å². The molecule has 0 aliphatic rings. The Kier molecular flexibility index (Phi) is 4.77. The largest absolute Gasteiger partial charge is 0.478 e. The van der Waals surface area contributed by atoms with Crippen LogP contribution in [-0.2, 0) is 0 Å². The number of hydrogen-bond donors (Lipinski definition) is 2. The van der Waals surface area contributed by atoms with Gasteiger partial charge in [0.1, 0.15) is 16.2 Å². The molecular weight excluding hydrogens is 394 g/mol. The average molecular weight is 406 g/mol. The van der Waals surface area contributed by atoms with Gasteiger partial charge in [-0.1, -0.05) is 23.5 Å². The zero-order valence-corrected chi connectivity index (χ0v) is 14.9. The summed E-state index contributed by atoms with van der Waals surface area (Å²) in [4.78, 5) is 19.7. The molecule has 0 aliphatic carbocycles. The third-order valence-electron chi connectivity index (χ3n) is 3.09. The van der Waals surface area contributed by atoms with E-state index < -0.39 is 5.97 Å². The average Bonchev–Trinajstić information content (AvgIpc) is 2.96. The number of nitrogens with one attached hydrogen (secondary N) is 1. The number of thiazole rings is 1. The zero-order chi connectivity index (χ0) is 17.1. The minimum absolute atomic E-state index is 0.216. The minimum atomic E-state index is -0.981. The van der Waals surface area contributed by atoms with Gasteiger partial charge in [-0.3, -0.25) is 0 Å². The van der Waals surface area contributed by atoms with Crippen LogP contribution in [0.1, 0.15) is 15.9 Å². The van der Waals surface area contributed by atoms with Crippen LogP contribution >= 0.6 is 27.3 Å². The SMILES string of the molecule is Cc1ccc(Oc2cnc(Nc3cccc(Br)n3)s2)cc1C(=O)O. The Morgan fingerprint density at radius 1 is 1.33 bits per heavy atom. The van der Waals surface area contributed by atoms with Gasteiger partial charge in [-0.25, -0.2) is 14.8 Å². The lowest BCUT2D eigenvalue weighted by Crippen LogP contribution is -1.99. The highest BCUT2D eigenvalue weighted by molar-refractivity contribution is 9.10. The number of benzene rings is 1. The van der Waals surface area contributed by atoms with E-state index in [1.807, 2.05) is 18.2 Å². The predicted molar refractivity (Wildman–Crippen MR) is 95.5 cm³/mol. The lowest BCUT2D eigenvalue weighted by molar-refractivity contribution is 0.0695. The molecule has 2 N–H and O–H groups in total. The van der Waals surface area contributed by atoms with E-state index in [-0.39, 0.29) is 5.56 Å². The van der Waals surface area contributed by atoms with E-state index in [0.29, 0.717) is 27.3 Å². The van der Waals surface area contributed by atoms with E-state index in [1.54, 1.807) is 25.3 Å². The highest BCUT2D eigenvalue weighted by Crippen LogP contribution is 2.32. The third-order valence-corrected chi connectivity index (χ3v) is 4.32. The number of pyridine rings is 1. The molecule has 1 aromatic carbocycles. The summed E-state index contributed by atoms with van der Waals surface area (Å²) in [5, 5.41) is 13.4. The topological polar surface area (TPSA) is 84.3 Å². The van der Waals surface area contributed by atoms with Crippen LogP contribution in [0.3, 0.4) is 0 Å². The highest BCUT2D eigenvalue weighted by Gasteiger charge is 2.10. The molecule has 0 saturated carbocycles. The zero-order valence-electron chi connectivity index (χ0n) is 12.5. The van der Waals surface area contributed by atoms with Crippen LogP contribution < -0.4 is 10.1 Å². The maximum Gasteiger partial charge on any atom is 0.336 e. The Hall–Kier alpha value is -2.45. The molecule has 0 atom stereocenters. The van der Waals surface area contributed by atoms with Crippen LogP contribution in [0.2, 0.25) is 0 Å². The van der Waals surface area contributed by atoms with E-state index in [9.17, 15) is 4.79 Å². The number of rotatable bonds is 5. The predicted octanol–water partition coefficient (Wildman–Crippen LogP) is 4.84. The molecular formula is C16H12BrN3O3S. The minimum Gasteiger partial charge on any atom is -0.478 e. The lowest BCUT2D eigenvalue weighted by atomic mass is 10.1. The summed E-state index contributed by atoms with van der Waals surface area (Å²) >= 11 is 4.61. The molecule has 0 fully saturated rings. The van der Waals surface area contributed by atoms with Crippen molar-refractivity contribution in [2.75, 3.05) is 5.32 Å². The Balaban J connectivity index is 1.74. The fourth-order valence-corrected chi connectivity index (χ4v) is 3.00. The van der Waals surface area contributed by atoms with Crippen LogP contribution in [0.4, 0.5) is 10.9 Å². The number of halogens is 1. The van der Waals surface area contributed by atoms with Gasteiger partial charge in [0, 0.05) is 0 Å². The van der Waals surface area contributed by atoms with E-state index in [2.05, 4.69) is 31.2 Å². The van der Waals surface area contributed by atoms with Gasteiger partial charge in [-0.05, 0) is 52.7 Å². The molecule has 0 radical (unpaired) electrons. The molecule has 0 spiro atoms. The van der Waals surface area contributed by atoms with Crippen molar-refractivity contribution < 1.29 is 14.6 Å². The van der Waals surface area contributed by atoms with Crippen LogP contribution in [0.25, 0.3) is 0 Å². The summed E-state index contributed by atoms with van der Waals surface area (Å²) in [7, 11) is 0. The van der Waals surface area contributed by atoms with Crippen molar-refractivity contribution in [3.63, 3.8) is 0 Å². The van der Waals surface area contributed by atoms with Gasteiger partial charge in [0.25, 0.3) is 0 Å². The molecule has 2 aromatic heterocycles. The van der Waals surface area contributed by atoms with Gasteiger partial charge in [0.2, 0.25) is 5.06 Å². The van der Waals surface area contributed by atoms with Gasteiger partial charge >= 0.3 is 5.97 Å². The number of hydrogen-bond acceptors (Lipinski definition) is 6. The molecule has 8 heteroatoms. The Bertz CT molecular complexity index is 898. The molecule has 0 bridgehead atoms. The quantitative estimate of drug-likeness (QED) is 0.590. The number of ether oxygens (including phenoxy) is 1. The fraction of sp³-hybridized carbons (Fsp3) is 0.0625. The van der Waals surface area contributed by atoms with Gasteiger partial charge in [-0.2, -0.15) is 0 Å². The number of aryl methyl sites for hydroxylation is 1. The summed E-state index contributed by atoms with van der Waals surface area (Å²) in [5.41, 5.74) is 0.899. The van der Waals surface area contributed by atoms with Gasteiger partial charge < -0.3 is 15.2 Å². The molecule has 122 valence electrons. The molecule has 3 aromatic rings. The lowest BCUT2D eigenvalue weighted by Gasteiger charge is -2.05. The third kappa shape index (κ3) is 3.90. The first-order valence-electron chi connectivity index (χ1n) is 6.88. The van der Waals surface area contributed by atoms with Gasteiger partial charge in [0.05, 0.1) is 11.8 Å². The second-order valence-corrected chi connectivity index (χ2v) is 6.64. The highest BCUT2D eigenvalue weighted by atomic mass is 79.9. The van der Waals surface area contributed by atoms with Crippen molar-refractivity contribution in [3.8, 4) is 10.8 Å². The van der Waals surface area contributed by atoms with Gasteiger partial charge in [0.15, 0.2) is 5.13 Å². The standard InChI is InChI=1S/C16H12BrN3O3S/c1-9-5-6-10(7-11(9)15(21)22)23-14-8-18-16(24-14)20-13-4-2-3-12(17)19-13/h2-8H,1H3,(H,21,22)(H,18,19,20). The van der Waals surface area contributed by atoms with Crippen LogP contribution in [0, 0.1) is 6.92 Å². The van der Waals surface area contributed by atoms with Crippen molar-refractivity contribution in [2.24, 2.45) is 0 Å². The summed E-state index contributed by atoms with van der Waals surface area (Å²) in [6.45, 7) is 1.74. The second-order valence-electron chi connectivity index (χ2n) is 4.84. The van der Waals surface area contributed by atoms with Crippen LogP contribution in [-0.4, -0.2) is 21.0 Å². The Morgan fingerprint density at radius 2 is 2.17 bits per heavy atom. The Labute approximate surface area is 150 Å². The van der Waals surface area contributed by atoms with Gasteiger partial charge in [-0.15, -0.1) is 0 Å². The van der Waals surface area contributed by atoms with Crippen molar-refractivity contribution >= 4 is 44.2 Å². The number of carboxylic acids is 1. The number of carboxylic acid groups (broad SMARTS) is 1. The number of anilines is 2. The molecule has 6 nitrogen and oxygen atoms in total. The first kappa shape index (κ1) is 16.4. The molecule has 0 unspecified atom stereocenters. The van der Waals surface area contributed by atoms with Crippen molar-refractivity contribution in [3.05, 3.63) is 58.3 Å². The van der Waals surface area contributed by atoms with Crippen molar-refractivity contribution in [1.82, 2.24) is 9.97 Å². The van der Waals surface area contributed by atoms with Crippen LogP contribution in [0.5, 0.6) is 10.8 Å². The van der Waals surface area contributed by atoms with E-state index in [1.165, 1.54) is 17.4 Å². The maximum atomic E-state index is 11.2. The fourth-order valence-electron chi connectivity index (χ4n) is 1.96. The number of carbonyl (C=O) groups is 1. The monoisotopic (exact) mass is 405 g/mol. The van der Waals surface area contributed by atoms with Crippen molar-refractivity contribution in [2.45, 2.75) is 6.92 Å². The number of nitrogens with zero attached hydrogens (tertiary/aromatic N) is 2. The molecule has 24 heavy (non-hydrogen) atoms. The van der Waals surface area contributed by atoms with E-state index >= 15 is 0 Å².